The van der Waals surface area contributed by atoms with Crippen LogP contribution in [0.2, 0.25) is 0 Å². The summed E-state index contributed by atoms with van der Waals surface area (Å²) in [4.78, 5) is 16.0. The largest absolute Gasteiger partial charge is 0.422 e. The van der Waals surface area contributed by atoms with Gasteiger partial charge < -0.3 is 9.73 Å². The van der Waals surface area contributed by atoms with Gasteiger partial charge in [-0.25, -0.2) is 9.78 Å². The van der Waals surface area contributed by atoms with Crippen molar-refractivity contribution in [2.45, 2.75) is 0 Å². The van der Waals surface area contributed by atoms with Gasteiger partial charge in [-0.15, -0.1) is 11.3 Å². The molecule has 0 bridgehead atoms. The molecule has 4 nitrogen and oxygen atoms in total. The summed E-state index contributed by atoms with van der Waals surface area (Å²) in [5.41, 5.74) is 1.64. The molecule has 0 saturated carbocycles. The zero-order valence-electron chi connectivity index (χ0n) is 9.64. The van der Waals surface area contributed by atoms with E-state index in [9.17, 15) is 4.79 Å². The fourth-order valence-corrected chi connectivity index (χ4v) is 2.41. The molecule has 0 aliphatic carbocycles. The molecule has 18 heavy (non-hydrogen) atoms. The number of hydrogen-bond donors (Lipinski definition) is 1. The summed E-state index contributed by atoms with van der Waals surface area (Å²) >= 11 is 1.42. The number of nitrogens with one attached hydrogen (secondary N) is 1. The smallest absolute Gasteiger partial charge is 0.346 e. The fourth-order valence-electron chi connectivity index (χ4n) is 1.77. The van der Waals surface area contributed by atoms with E-state index in [1.54, 1.807) is 6.20 Å². The molecule has 2 heterocycles. The van der Waals surface area contributed by atoms with Gasteiger partial charge in [0.25, 0.3) is 0 Å². The van der Waals surface area contributed by atoms with Crippen LogP contribution in [-0.2, 0) is 0 Å². The SMILES string of the molecule is CNc1ccc2cc(-c3nccs3)c(=O)oc2c1. The van der Waals surface area contributed by atoms with Gasteiger partial charge in [-0.3, -0.25) is 0 Å². The molecule has 0 amide bonds. The molecule has 0 unspecified atom stereocenters. The molecule has 0 radical (unpaired) electrons. The zero-order valence-corrected chi connectivity index (χ0v) is 10.5. The van der Waals surface area contributed by atoms with Gasteiger partial charge in [-0.2, -0.15) is 0 Å². The third-order valence-corrected chi connectivity index (χ3v) is 3.49. The Morgan fingerprint density at radius 2 is 2.22 bits per heavy atom. The number of nitrogens with zero attached hydrogens (tertiary/aromatic N) is 1. The highest BCUT2D eigenvalue weighted by Gasteiger charge is 2.09. The minimum atomic E-state index is -0.356. The summed E-state index contributed by atoms with van der Waals surface area (Å²) < 4.78 is 5.33. The van der Waals surface area contributed by atoms with E-state index in [0.717, 1.165) is 11.1 Å². The van der Waals surface area contributed by atoms with E-state index in [2.05, 4.69) is 10.3 Å². The lowest BCUT2D eigenvalue weighted by atomic mass is 10.2. The number of anilines is 1. The first-order valence-electron chi connectivity index (χ1n) is 5.43. The third-order valence-electron chi connectivity index (χ3n) is 2.69. The number of hydrogen-bond acceptors (Lipinski definition) is 5. The molecular weight excluding hydrogens is 248 g/mol. The quantitative estimate of drug-likeness (QED) is 0.718. The van der Waals surface area contributed by atoms with E-state index in [-0.39, 0.29) is 5.63 Å². The van der Waals surface area contributed by atoms with Crippen LogP contribution >= 0.6 is 11.3 Å². The lowest BCUT2D eigenvalue weighted by molar-refractivity contribution is 0.563. The van der Waals surface area contributed by atoms with E-state index in [1.807, 2.05) is 36.7 Å². The van der Waals surface area contributed by atoms with Crippen LogP contribution in [0.1, 0.15) is 0 Å². The summed E-state index contributed by atoms with van der Waals surface area (Å²) in [7, 11) is 1.82. The van der Waals surface area contributed by atoms with E-state index in [4.69, 9.17) is 4.42 Å². The van der Waals surface area contributed by atoms with Gasteiger partial charge in [0.2, 0.25) is 0 Å². The van der Waals surface area contributed by atoms with Crippen LogP contribution in [0.25, 0.3) is 21.5 Å². The van der Waals surface area contributed by atoms with Gasteiger partial charge in [0.1, 0.15) is 10.6 Å². The van der Waals surface area contributed by atoms with E-state index < -0.39 is 0 Å². The number of aromatic nitrogens is 1. The van der Waals surface area contributed by atoms with Crippen LogP contribution in [0.3, 0.4) is 0 Å². The van der Waals surface area contributed by atoms with Gasteiger partial charge in [0.05, 0.1) is 5.56 Å². The molecule has 3 aromatic rings. The van der Waals surface area contributed by atoms with E-state index in [1.165, 1.54) is 11.3 Å². The lowest BCUT2D eigenvalue weighted by Crippen LogP contribution is -2.02. The van der Waals surface area contributed by atoms with Crippen LogP contribution in [0.5, 0.6) is 0 Å². The molecule has 1 N–H and O–H groups in total. The maximum absolute atomic E-state index is 11.9. The molecule has 0 saturated heterocycles. The molecule has 1 aromatic carbocycles. The second-order valence-electron chi connectivity index (χ2n) is 3.79. The Labute approximate surface area is 107 Å². The zero-order chi connectivity index (χ0) is 12.5. The lowest BCUT2D eigenvalue weighted by Gasteiger charge is -2.02. The van der Waals surface area contributed by atoms with Crippen LogP contribution in [0, 0.1) is 0 Å². The second kappa shape index (κ2) is 4.27. The Balaban J connectivity index is 2.25. The van der Waals surface area contributed by atoms with Crippen molar-refractivity contribution in [1.82, 2.24) is 4.98 Å². The van der Waals surface area contributed by atoms with Gasteiger partial charge in [-0.1, -0.05) is 0 Å². The predicted octanol–water partition coefficient (Wildman–Crippen LogP) is 2.96. The maximum Gasteiger partial charge on any atom is 0.346 e. The number of rotatable bonds is 2. The highest BCUT2D eigenvalue weighted by Crippen LogP contribution is 2.24. The minimum Gasteiger partial charge on any atom is -0.422 e. The molecular formula is C13H10N2O2S. The van der Waals surface area contributed by atoms with Crippen LogP contribution < -0.4 is 10.9 Å². The molecule has 0 aliphatic heterocycles. The number of benzene rings is 1. The Hall–Kier alpha value is -2.14. The molecule has 2 aromatic heterocycles. The molecule has 90 valence electrons. The highest BCUT2D eigenvalue weighted by atomic mass is 32.1. The number of thiazole rings is 1. The van der Waals surface area contributed by atoms with Crippen molar-refractivity contribution in [3.8, 4) is 10.6 Å². The van der Waals surface area contributed by atoms with Crippen molar-refractivity contribution < 1.29 is 4.42 Å². The molecule has 3 rings (SSSR count). The van der Waals surface area contributed by atoms with Crippen molar-refractivity contribution >= 4 is 28.0 Å². The van der Waals surface area contributed by atoms with Crippen LogP contribution in [0.15, 0.2) is 45.1 Å². The molecule has 0 atom stereocenters. The van der Waals surface area contributed by atoms with Crippen molar-refractivity contribution in [3.05, 3.63) is 46.3 Å². The Bertz CT molecular complexity index is 747. The maximum atomic E-state index is 11.9. The Kier molecular flexibility index (Phi) is 2.60. The van der Waals surface area contributed by atoms with E-state index >= 15 is 0 Å². The first-order valence-corrected chi connectivity index (χ1v) is 6.31. The topological polar surface area (TPSA) is 55.1 Å². The summed E-state index contributed by atoms with van der Waals surface area (Å²) in [5, 5.41) is 6.42. The third kappa shape index (κ3) is 1.78. The van der Waals surface area contributed by atoms with Crippen molar-refractivity contribution in [2.24, 2.45) is 0 Å². The van der Waals surface area contributed by atoms with Gasteiger partial charge in [-0.05, 0) is 18.2 Å². The average Bonchev–Trinajstić information content (AvgIpc) is 2.91. The molecule has 5 heteroatoms. The number of fused-ring (bicyclic) bond motifs is 1. The van der Waals surface area contributed by atoms with Crippen molar-refractivity contribution in [1.29, 1.82) is 0 Å². The molecule has 0 fully saturated rings. The van der Waals surface area contributed by atoms with E-state index in [0.29, 0.717) is 16.2 Å². The summed E-state index contributed by atoms with van der Waals surface area (Å²) in [5.74, 6) is 0. The summed E-state index contributed by atoms with van der Waals surface area (Å²) in [6.07, 6.45) is 1.67. The van der Waals surface area contributed by atoms with Crippen LogP contribution in [-0.4, -0.2) is 12.0 Å². The molecule has 0 aliphatic rings. The Morgan fingerprint density at radius 1 is 1.33 bits per heavy atom. The monoisotopic (exact) mass is 258 g/mol. The first-order chi connectivity index (χ1) is 8.78. The average molecular weight is 258 g/mol. The van der Waals surface area contributed by atoms with Crippen LogP contribution in [0.4, 0.5) is 5.69 Å². The standard InChI is InChI=1S/C13H10N2O2S/c1-14-9-3-2-8-6-10(12-15-4-5-18-12)13(16)17-11(8)7-9/h2-7,14H,1H3. The van der Waals surface area contributed by atoms with Gasteiger partial charge in [0, 0.05) is 35.8 Å². The minimum absolute atomic E-state index is 0.356. The summed E-state index contributed by atoms with van der Waals surface area (Å²) in [6.45, 7) is 0. The second-order valence-corrected chi connectivity index (χ2v) is 4.68. The summed E-state index contributed by atoms with van der Waals surface area (Å²) in [6, 6.07) is 7.48. The fraction of sp³-hybridized carbons (Fsp3) is 0.0769. The Morgan fingerprint density at radius 3 is 2.94 bits per heavy atom. The van der Waals surface area contributed by atoms with Crippen molar-refractivity contribution in [3.63, 3.8) is 0 Å². The van der Waals surface area contributed by atoms with Gasteiger partial charge >= 0.3 is 5.63 Å². The molecule has 0 spiro atoms. The van der Waals surface area contributed by atoms with Crippen molar-refractivity contribution in [2.75, 3.05) is 12.4 Å². The highest BCUT2D eigenvalue weighted by molar-refractivity contribution is 7.13. The van der Waals surface area contributed by atoms with Gasteiger partial charge in [0.15, 0.2) is 0 Å². The first kappa shape index (κ1) is 11.0. The normalized spacial score (nSPS) is 10.7. The predicted molar refractivity (Wildman–Crippen MR) is 73.1 cm³/mol.